The number of nitrogens with one attached hydrogen (secondary N) is 1. The van der Waals surface area contributed by atoms with Crippen LogP contribution in [0.2, 0.25) is 0 Å². The van der Waals surface area contributed by atoms with Crippen molar-refractivity contribution in [3.05, 3.63) is 24.5 Å². The molecule has 6 heteroatoms. The molecule has 1 saturated carbocycles. The van der Waals surface area contributed by atoms with E-state index in [0.717, 1.165) is 25.7 Å². The fourth-order valence-corrected chi connectivity index (χ4v) is 3.72. The first-order chi connectivity index (χ1) is 8.63. The monoisotopic (exact) mass is 269 g/mol. The van der Waals surface area contributed by atoms with E-state index < -0.39 is 10.0 Å². The molecule has 100 valence electrons. The van der Waals surface area contributed by atoms with Crippen LogP contribution in [0.25, 0.3) is 0 Å². The third-order valence-corrected chi connectivity index (χ3v) is 4.94. The predicted octanol–water partition coefficient (Wildman–Crippen LogP) is 0.877. The highest BCUT2D eigenvalue weighted by Crippen LogP contribution is 2.24. The molecule has 0 bridgehead atoms. The van der Waals surface area contributed by atoms with Crippen molar-refractivity contribution in [2.75, 3.05) is 6.54 Å². The van der Waals surface area contributed by atoms with E-state index in [1.54, 1.807) is 18.3 Å². The van der Waals surface area contributed by atoms with Crippen LogP contribution in [0.15, 0.2) is 29.4 Å². The zero-order valence-corrected chi connectivity index (χ0v) is 11.1. The van der Waals surface area contributed by atoms with Crippen molar-refractivity contribution in [1.29, 1.82) is 0 Å². The van der Waals surface area contributed by atoms with Crippen LogP contribution in [0.4, 0.5) is 0 Å². The SMILES string of the molecule is NCC1CCCCC1NS(=O)(=O)c1cccnc1. The normalized spacial score (nSPS) is 24.9. The van der Waals surface area contributed by atoms with E-state index in [1.165, 1.54) is 6.20 Å². The van der Waals surface area contributed by atoms with Crippen molar-refractivity contribution in [2.45, 2.75) is 36.6 Å². The number of nitrogens with two attached hydrogens (primary N) is 1. The summed E-state index contributed by atoms with van der Waals surface area (Å²) in [6.07, 6.45) is 6.97. The highest BCUT2D eigenvalue weighted by molar-refractivity contribution is 7.89. The fraction of sp³-hybridized carbons (Fsp3) is 0.583. The maximum absolute atomic E-state index is 12.2. The lowest BCUT2D eigenvalue weighted by molar-refractivity contribution is 0.296. The Kier molecular flexibility index (Phi) is 4.31. The minimum absolute atomic E-state index is 0.0473. The van der Waals surface area contributed by atoms with Crippen LogP contribution in [0.1, 0.15) is 25.7 Å². The number of rotatable bonds is 4. The smallest absolute Gasteiger partial charge is 0.242 e. The maximum atomic E-state index is 12.2. The van der Waals surface area contributed by atoms with Gasteiger partial charge in [-0.1, -0.05) is 12.8 Å². The second-order valence-electron chi connectivity index (χ2n) is 4.70. The molecule has 0 spiro atoms. The van der Waals surface area contributed by atoms with Gasteiger partial charge in [0.25, 0.3) is 0 Å². The first-order valence-electron chi connectivity index (χ1n) is 6.26. The summed E-state index contributed by atoms with van der Waals surface area (Å²) in [6.45, 7) is 0.528. The summed E-state index contributed by atoms with van der Waals surface area (Å²) < 4.78 is 27.1. The van der Waals surface area contributed by atoms with Crippen LogP contribution in [0, 0.1) is 5.92 Å². The molecule has 2 atom stereocenters. The zero-order chi connectivity index (χ0) is 13.0. The summed E-state index contributed by atoms with van der Waals surface area (Å²) in [5.74, 6) is 0.241. The molecular weight excluding hydrogens is 250 g/mol. The zero-order valence-electron chi connectivity index (χ0n) is 10.2. The highest BCUT2D eigenvalue weighted by Gasteiger charge is 2.28. The van der Waals surface area contributed by atoms with Gasteiger partial charge in [0.05, 0.1) is 0 Å². The van der Waals surface area contributed by atoms with Crippen molar-refractivity contribution in [1.82, 2.24) is 9.71 Å². The molecule has 0 saturated heterocycles. The highest BCUT2D eigenvalue weighted by atomic mass is 32.2. The van der Waals surface area contributed by atoms with Crippen molar-refractivity contribution < 1.29 is 8.42 Å². The largest absolute Gasteiger partial charge is 0.330 e. The lowest BCUT2D eigenvalue weighted by Crippen LogP contribution is -2.44. The van der Waals surface area contributed by atoms with Crippen LogP contribution < -0.4 is 10.5 Å². The van der Waals surface area contributed by atoms with Gasteiger partial charge in [-0.2, -0.15) is 0 Å². The maximum Gasteiger partial charge on any atom is 0.242 e. The molecule has 2 rings (SSSR count). The molecule has 1 aliphatic carbocycles. The Morgan fingerprint density at radius 1 is 1.39 bits per heavy atom. The Balaban J connectivity index is 2.12. The Labute approximate surface area is 108 Å². The van der Waals surface area contributed by atoms with Gasteiger partial charge in [-0.15, -0.1) is 0 Å². The standard InChI is InChI=1S/C12H19N3O2S/c13-8-10-4-1-2-6-12(10)15-18(16,17)11-5-3-7-14-9-11/h3,5,7,9-10,12,15H,1-2,4,6,8,13H2. The molecule has 1 aromatic heterocycles. The van der Waals surface area contributed by atoms with Crippen molar-refractivity contribution in [2.24, 2.45) is 11.7 Å². The van der Waals surface area contributed by atoms with Crippen LogP contribution >= 0.6 is 0 Å². The molecule has 1 aromatic rings. The summed E-state index contributed by atoms with van der Waals surface area (Å²) in [5, 5.41) is 0. The van der Waals surface area contributed by atoms with Gasteiger partial charge in [0.1, 0.15) is 4.90 Å². The molecule has 2 unspecified atom stereocenters. The molecule has 0 amide bonds. The Morgan fingerprint density at radius 3 is 2.83 bits per heavy atom. The number of pyridine rings is 1. The molecular formula is C12H19N3O2S. The topological polar surface area (TPSA) is 85.1 Å². The molecule has 3 N–H and O–H groups in total. The van der Waals surface area contributed by atoms with E-state index >= 15 is 0 Å². The van der Waals surface area contributed by atoms with Gasteiger partial charge in [0.15, 0.2) is 0 Å². The average molecular weight is 269 g/mol. The van der Waals surface area contributed by atoms with Gasteiger partial charge in [-0.25, -0.2) is 13.1 Å². The van der Waals surface area contributed by atoms with Crippen LogP contribution in [0.5, 0.6) is 0 Å². The Hall–Kier alpha value is -0.980. The second-order valence-corrected chi connectivity index (χ2v) is 6.41. The van der Waals surface area contributed by atoms with Crippen LogP contribution in [-0.2, 0) is 10.0 Å². The molecule has 18 heavy (non-hydrogen) atoms. The molecule has 5 nitrogen and oxygen atoms in total. The minimum Gasteiger partial charge on any atom is -0.330 e. The van der Waals surface area contributed by atoms with Crippen molar-refractivity contribution >= 4 is 10.0 Å². The Morgan fingerprint density at radius 2 is 2.17 bits per heavy atom. The van der Waals surface area contributed by atoms with Gasteiger partial charge < -0.3 is 5.73 Å². The third-order valence-electron chi connectivity index (χ3n) is 3.46. The number of hydrogen-bond donors (Lipinski definition) is 2. The summed E-state index contributed by atoms with van der Waals surface area (Å²) in [6, 6.07) is 3.12. The van der Waals surface area contributed by atoms with Gasteiger partial charge in [-0.3, -0.25) is 4.98 Å². The summed E-state index contributed by atoms with van der Waals surface area (Å²) >= 11 is 0. The number of nitrogens with zero attached hydrogens (tertiary/aromatic N) is 1. The van der Waals surface area contributed by atoms with Gasteiger partial charge >= 0.3 is 0 Å². The van der Waals surface area contributed by atoms with Crippen molar-refractivity contribution in [3.8, 4) is 0 Å². The van der Waals surface area contributed by atoms with Gasteiger partial charge in [0.2, 0.25) is 10.0 Å². The number of sulfonamides is 1. The van der Waals surface area contributed by atoms with E-state index in [-0.39, 0.29) is 16.9 Å². The first-order valence-corrected chi connectivity index (χ1v) is 7.74. The molecule has 0 aromatic carbocycles. The van der Waals surface area contributed by atoms with E-state index in [2.05, 4.69) is 9.71 Å². The average Bonchev–Trinajstić information content (AvgIpc) is 2.40. The molecule has 1 heterocycles. The molecule has 1 aliphatic rings. The quantitative estimate of drug-likeness (QED) is 0.849. The molecule has 0 aliphatic heterocycles. The molecule has 0 radical (unpaired) electrons. The van der Waals surface area contributed by atoms with Crippen LogP contribution in [0.3, 0.4) is 0 Å². The number of hydrogen-bond acceptors (Lipinski definition) is 4. The third kappa shape index (κ3) is 3.07. The van der Waals surface area contributed by atoms with E-state index in [9.17, 15) is 8.42 Å². The fourth-order valence-electron chi connectivity index (χ4n) is 2.42. The summed E-state index contributed by atoms with van der Waals surface area (Å²) in [7, 11) is -3.47. The van der Waals surface area contributed by atoms with Crippen LogP contribution in [-0.4, -0.2) is 26.0 Å². The number of aromatic nitrogens is 1. The van der Waals surface area contributed by atoms with Crippen molar-refractivity contribution in [3.63, 3.8) is 0 Å². The lowest BCUT2D eigenvalue weighted by Gasteiger charge is -2.30. The van der Waals surface area contributed by atoms with Gasteiger partial charge in [0, 0.05) is 18.4 Å². The minimum atomic E-state index is -3.47. The summed E-state index contributed by atoms with van der Waals surface area (Å²) in [4.78, 5) is 4.05. The second kappa shape index (κ2) is 5.77. The predicted molar refractivity (Wildman–Crippen MR) is 69.4 cm³/mol. The van der Waals surface area contributed by atoms with E-state index in [0.29, 0.717) is 6.54 Å². The first kappa shape index (κ1) is 13.5. The Bertz CT molecular complexity index is 475. The van der Waals surface area contributed by atoms with E-state index in [1.807, 2.05) is 0 Å². The summed E-state index contributed by atoms with van der Waals surface area (Å²) in [5.41, 5.74) is 5.70. The molecule has 1 fully saturated rings. The van der Waals surface area contributed by atoms with Gasteiger partial charge in [-0.05, 0) is 37.4 Å². The lowest BCUT2D eigenvalue weighted by atomic mass is 9.85. The van der Waals surface area contributed by atoms with E-state index in [4.69, 9.17) is 5.73 Å².